The Bertz CT molecular complexity index is 1060. The second-order valence-corrected chi connectivity index (χ2v) is 7.64. The zero-order valence-corrected chi connectivity index (χ0v) is 19.5. The average Bonchev–Trinajstić information content (AvgIpc) is 2.88. The van der Waals surface area contributed by atoms with Crippen molar-refractivity contribution >= 4 is 11.8 Å². The van der Waals surface area contributed by atoms with Gasteiger partial charge >= 0.3 is 0 Å². The fourth-order valence-electron chi connectivity index (χ4n) is 3.45. The fourth-order valence-corrected chi connectivity index (χ4v) is 3.45. The first-order valence-electron chi connectivity index (χ1n) is 11.1. The lowest BCUT2D eigenvalue weighted by molar-refractivity contribution is -0.130. The lowest BCUT2D eigenvalue weighted by Crippen LogP contribution is -2.49. The molecule has 0 aliphatic rings. The van der Waals surface area contributed by atoms with E-state index >= 15 is 0 Å². The molecule has 7 heteroatoms. The Kier molecular flexibility index (Phi) is 9.34. The molecule has 1 unspecified atom stereocenters. The smallest absolute Gasteiger partial charge is 0.258 e. The van der Waals surface area contributed by atoms with Crippen molar-refractivity contribution in [1.82, 2.24) is 10.6 Å². The molecule has 0 aromatic heterocycles. The summed E-state index contributed by atoms with van der Waals surface area (Å²) in [6, 6.07) is 23.6. The van der Waals surface area contributed by atoms with E-state index in [2.05, 4.69) is 10.6 Å². The van der Waals surface area contributed by atoms with Crippen LogP contribution in [0.25, 0.3) is 0 Å². The summed E-state index contributed by atoms with van der Waals surface area (Å²) in [6.45, 7) is 0.240. The molecule has 0 heterocycles. The van der Waals surface area contributed by atoms with E-state index in [9.17, 15) is 9.59 Å². The van der Waals surface area contributed by atoms with E-state index in [-0.39, 0.29) is 18.4 Å². The Hall–Kier alpha value is -4.00. The van der Waals surface area contributed by atoms with E-state index in [1.54, 1.807) is 26.4 Å². The van der Waals surface area contributed by atoms with Crippen LogP contribution in [-0.4, -0.2) is 45.2 Å². The molecule has 2 N–H and O–H groups in total. The van der Waals surface area contributed by atoms with Gasteiger partial charge in [-0.05, 0) is 41.8 Å². The molecule has 7 nitrogen and oxygen atoms in total. The van der Waals surface area contributed by atoms with E-state index < -0.39 is 6.04 Å². The molecule has 2 amide bonds. The minimum Gasteiger partial charge on any atom is -0.493 e. The predicted octanol–water partition coefficient (Wildman–Crippen LogP) is 3.17. The number of nitrogens with one attached hydrogen (secondary N) is 2. The number of carbonyl (C=O) groups excluding carboxylic acids is 2. The molecule has 178 valence electrons. The standard InChI is InChI=1S/C27H30N2O5/c1-32-24-14-13-21(18-25(24)33-2)15-16-28-27(31)23(17-20-9-5-3-6-10-20)29-26(30)19-34-22-11-7-4-8-12-22/h3-14,18,23H,15-17,19H2,1-2H3,(H,28,31)(H,29,30). The Morgan fingerprint density at radius 1 is 0.824 bits per heavy atom. The molecular weight excluding hydrogens is 432 g/mol. The van der Waals surface area contributed by atoms with Crippen LogP contribution < -0.4 is 24.8 Å². The molecule has 3 aromatic rings. The van der Waals surface area contributed by atoms with Crippen LogP contribution in [0.3, 0.4) is 0 Å². The van der Waals surface area contributed by atoms with Crippen molar-refractivity contribution in [2.24, 2.45) is 0 Å². The maximum absolute atomic E-state index is 13.0. The highest BCUT2D eigenvalue weighted by molar-refractivity contribution is 5.88. The monoisotopic (exact) mass is 462 g/mol. The van der Waals surface area contributed by atoms with E-state index in [1.165, 1.54) is 0 Å². The highest BCUT2D eigenvalue weighted by Crippen LogP contribution is 2.27. The minimum atomic E-state index is -0.723. The predicted molar refractivity (Wildman–Crippen MR) is 130 cm³/mol. The molecule has 0 saturated heterocycles. The highest BCUT2D eigenvalue weighted by atomic mass is 16.5. The molecular formula is C27H30N2O5. The molecule has 0 bridgehead atoms. The van der Waals surface area contributed by atoms with E-state index in [0.29, 0.717) is 36.6 Å². The van der Waals surface area contributed by atoms with Crippen molar-refractivity contribution in [3.05, 3.63) is 90.0 Å². The van der Waals surface area contributed by atoms with Crippen LogP contribution >= 0.6 is 0 Å². The van der Waals surface area contributed by atoms with Gasteiger partial charge in [0, 0.05) is 13.0 Å². The Morgan fingerprint density at radius 2 is 1.50 bits per heavy atom. The van der Waals surface area contributed by atoms with Gasteiger partial charge < -0.3 is 24.8 Å². The van der Waals surface area contributed by atoms with Crippen LogP contribution in [0, 0.1) is 0 Å². The molecule has 34 heavy (non-hydrogen) atoms. The second-order valence-electron chi connectivity index (χ2n) is 7.64. The lowest BCUT2D eigenvalue weighted by atomic mass is 10.0. The molecule has 0 aliphatic heterocycles. The third-order valence-electron chi connectivity index (χ3n) is 5.21. The molecule has 0 fully saturated rings. The van der Waals surface area contributed by atoms with Crippen LogP contribution in [-0.2, 0) is 22.4 Å². The summed E-state index contributed by atoms with van der Waals surface area (Å²) < 4.78 is 16.1. The summed E-state index contributed by atoms with van der Waals surface area (Å²) in [5.41, 5.74) is 1.95. The van der Waals surface area contributed by atoms with Gasteiger partial charge in [-0.25, -0.2) is 0 Å². The Balaban J connectivity index is 1.58. The van der Waals surface area contributed by atoms with E-state index in [4.69, 9.17) is 14.2 Å². The first-order chi connectivity index (χ1) is 16.6. The minimum absolute atomic E-state index is 0.172. The van der Waals surface area contributed by atoms with Crippen molar-refractivity contribution in [2.45, 2.75) is 18.9 Å². The van der Waals surface area contributed by atoms with Crippen LogP contribution in [0.4, 0.5) is 0 Å². The lowest BCUT2D eigenvalue weighted by Gasteiger charge is -2.19. The first kappa shape index (κ1) is 24.6. The van der Waals surface area contributed by atoms with Crippen LogP contribution in [0.15, 0.2) is 78.9 Å². The zero-order valence-electron chi connectivity index (χ0n) is 19.5. The van der Waals surface area contributed by atoms with Crippen LogP contribution in [0.2, 0.25) is 0 Å². The summed E-state index contributed by atoms with van der Waals surface area (Å²) in [5, 5.41) is 5.74. The molecule has 3 aromatic carbocycles. The number of para-hydroxylation sites is 1. The zero-order chi connectivity index (χ0) is 24.2. The average molecular weight is 463 g/mol. The van der Waals surface area contributed by atoms with Gasteiger partial charge in [0.1, 0.15) is 11.8 Å². The number of ether oxygens (including phenoxy) is 3. The van der Waals surface area contributed by atoms with Crippen molar-refractivity contribution in [2.75, 3.05) is 27.4 Å². The molecule has 0 radical (unpaired) electrons. The van der Waals surface area contributed by atoms with E-state index in [1.807, 2.05) is 66.7 Å². The summed E-state index contributed by atoms with van der Waals surface area (Å²) in [5.74, 6) is 1.27. The van der Waals surface area contributed by atoms with Gasteiger partial charge in [-0.2, -0.15) is 0 Å². The third kappa shape index (κ3) is 7.55. The largest absolute Gasteiger partial charge is 0.493 e. The quantitative estimate of drug-likeness (QED) is 0.432. The van der Waals surface area contributed by atoms with Gasteiger partial charge in [-0.1, -0.05) is 54.6 Å². The third-order valence-corrected chi connectivity index (χ3v) is 5.21. The van der Waals surface area contributed by atoms with E-state index in [0.717, 1.165) is 11.1 Å². The van der Waals surface area contributed by atoms with Crippen molar-refractivity contribution < 1.29 is 23.8 Å². The molecule has 0 saturated carbocycles. The van der Waals surface area contributed by atoms with Crippen molar-refractivity contribution in [3.8, 4) is 17.2 Å². The Labute approximate surface area is 200 Å². The number of rotatable bonds is 12. The second kappa shape index (κ2) is 12.9. The highest BCUT2D eigenvalue weighted by Gasteiger charge is 2.21. The SMILES string of the molecule is COc1ccc(CCNC(=O)C(Cc2ccccc2)NC(=O)COc2ccccc2)cc1OC. The number of hydrogen-bond acceptors (Lipinski definition) is 5. The first-order valence-corrected chi connectivity index (χ1v) is 11.1. The van der Waals surface area contributed by atoms with Gasteiger partial charge in [0.2, 0.25) is 5.91 Å². The number of hydrogen-bond donors (Lipinski definition) is 2. The normalized spacial score (nSPS) is 11.2. The molecule has 0 spiro atoms. The number of carbonyl (C=O) groups is 2. The number of benzene rings is 3. The summed E-state index contributed by atoms with van der Waals surface area (Å²) in [7, 11) is 3.17. The van der Waals surface area contributed by atoms with Crippen molar-refractivity contribution in [1.29, 1.82) is 0 Å². The Morgan fingerprint density at radius 3 is 2.18 bits per heavy atom. The maximum Gasteiger partial charge on any atom is 0.258 e. The van der Waals surface area contributed by atoms with Crippen molar-refractivity contribution in [3.63, 3.8) is 0 Å². The topological polar surface area (TPSA) is 85.9 Å². The van der Waals surface area contributed by atoms with Crippen LogP contribution in [0.1, 0.15) is 11.1 Å². The summed E-state index contributed by atoms with van der Waals surface area (Å²) in [4.78, 5) is 25.5. The molecule has 3 rings (SSSR count). The van der Waals surface area contributed by atoms with Gasteiger partial charge in [0.15, 0.2) is 18.1 Å². The summed E-state index contributed by atoms with van der Waals surface area (Å²) in [6.07, 6.45) is 0.981. The van der Waals surface area contributed by atoms with Gasteiger partial charge in [0.05, 0.1) is 14.2 Å². The maximum atomic E-state index is 13.0. The number of methoxy groups -OCH3 is 2. The molecule has 0 aliphatic carbocycles. The van der Waals surface area contributed by atoms with Gasteiger partial charge in [0.25, 0.3) is 5.91 Å². The van der Waals surface area contributed by atoms with Gasteiger partial charge in [-0.3, -0.25) is 9.59 Å². The summed E-state index contributed by atoms with van der Waals surface area (Å²) >= 11 is 0. The number of amides is 2. The van der Waals surface area contributed by atoms with Gasteiger partial charge in [-0.15, -0.1) is 0 Å². The van der Waals surface area contributed by atoms with Crippen LogP contribution in [0.5, 0.6) is 17.2 Å². The molecule has 1 atom stereocenters. The fraction of sp³-hybridized carbons (Fsp3) is 0.259.